The van der Waals surface area contributed by atoms with Crippen molar-refractivity contribution in [3.05, 3.63) is 130 Å². The van der Waals surface area contributed by atoms with E-state index in [1.54, 1.807) is 48.5 Å². The standard InChI is InChI=1S/C36H40ClN3O4S/c1-25(2)38-36(42)34(22-29-10-7-6-8-11-29)39(23-30-12-9-13-31(37)21-30)35(41)24-40(33-19-16-27(4)20-28(33)5)45(43,44)32-17-14-26(3)15-18-32/h6-21,25,34H,22-24H2,1-5H3,(H,38,42). The van der Waals surface area contributed by atoms with Crippen molar-refractivity contribution in [2.75, 3.05) is 10.8 Å². The summed E-state index contributed by atoms with van der Waals surface area (Å²) in [5, 5.41) is 3.46. The predicted octanol–water partition coefficient (Wildman–Crippen LogP) is 6.63. The molecule has 0 spiro atoms. The minimum Gasteiger partial charge on any atom is -0.352 e. The van der Waals surface area contributed by atoms with Crippen LogP contribution in [-0.4, -0.2) is 43.8 Å². The SMILES string of the molecule is Cc1ccc(S(=O)(=O)N(CC(=O)N(Cc2cccc(Cl)c2)C(Cc2ccccc2)C(=O)NC(C)C)c2ccc(C)cc2C)cc1. The number of sulfonamides is 1. The predicted molar refractivity (Wildman–Crippen MR) is 181 cm³/mol. The number of nitrogens with zero attached hydrogens (tertiary/aromatic N) is 2. The maximum Gasteiger partial charge on any atom is 0.264 e. The molecular formula is C36H40ClN3O4S. The van der Waals surface area contributed by atoms with E-state index >= 15 is 0 Å². The summed E-state index contributed by atoms with van der Waals surface area (Å²) in [7, 11) is -4.17. The monoisotopic (exact) mass is 645 g/mol. The Morgan fingerprint density at radius 1 is 0.800 bits per heavy atom. The van der Waals surface area contributed by atoms with Crippen molar-refractivity contribution in [2.24, 2.45) is 0 Å². The molecular weight excluding hydrogens is 606 g/mol. The molecule has 9 heteroatoms. The number of halogens is 1. The van der Waals surface area contributed by atoms with E-state index in [4.69, 9.17) is 11.6 Å². The van der Waals surface area contributed by atoms with E-state index < -0.39 is 28.5 Å². The van der Waals surface area contributed by atoms with Crippen LogP contribution in [0.2, 0.25) is 5.02 Å². The van der Waals surface area contributed by atoms with Crippen molar-refractivity contribution in [3.63, 3.8) is 0 Å². The first-order valence-corrected chi connectivity index (χ1v) is 16.7. The van der Waals surface area contributed by atoms with Gasteiger partial charge in [0.25, 0.3) is 10.0 Å². The number of carbonyl (C=O) groups excluding carboxylic acids is 2. The van der Waals surface area contributed by atoms with Crippen LogP contribution in [0.15, 0.2) is 102 Å². The van der Waals surface area contributed by atoms with Crippen molar-refractivity contribution in [3.8, 4) is 0 Å². The van der Waals surface area contributed by atoms with Crippen molar-refractivity contribution in [1.29, 1.82) is 0 Å². The zero-order valence-electron chi connectivity index (χ0n) is 26.3. The fraction of sp³-hybridized carbons (Fsp3) is 0.278. The number of anilines is 1. The summed E-state index contributed by atoms with van der Waals surface area (Å²) < 4.78 is 29.6. The van der Waals surface area contributed by atoms with Crippen LogP contribution < -0.4 is 9.62 Å². The summed E-state index contributed by atoms with van der Waals surface area (Å²) in [6.45, 7) is 8.88. The van der Waals surface area contributed by atoms with Crippen molar-refractivity contribution in [2.45, 2.75) is 64.6 Å². The van der Waals surface area contributed by atoms with Gasteiger partial charge in [-0.3, -0.25) is 13.9 Å². The second-order valence-electron chi connectivity index (χ2n) is 11.6. The van der Waals surface area contributed by atoms with Crippen LogP contribution in [-0.2, 0) is 32.6 Å². The molecule has 236 valence electrons. The van der Waals surface area contributed by atoms with Gasteiger partial charge in [0, 0.05) is 24.0 Å². The van der Waals surface area contributed by atoms with Crippen LogP contribution >= 0.6 is 11.6 Å². The molecule has 2 amide bonds. The molecule has 0 fully saturated rings. The summed E-state index contributed by atoms with van der Waals surface area (Å²) in [4.78, 5) is 29.9. The van der Waals surface area contributed by atoms with Crippen molar-refractivity contribution < 1.29 is 18.0 Å². The van der Waals surface area contributed by atoms with Gasteiger partial charge in [-0.25, -0.2) is 8.42 Å². The minimum atomic E-state index is -4.17. The molecule has 0 saturated carbocycles. The van der Waals surface area contributed by atoms with E-state index in [2.05, 4.69) is 5.32 Å². The summed E-state index contributed by atoms with van der Waals surface area (Å²) in [6, 6.07) is 27.4. The van der Waals surface area contributed by atoms with E-state index in [9.17, 15) is 18.0 Å². The molecule has 0 heterocycles. The van der Waals surface area contributed by atoms with Crippen LogP contribution in [0.5, 0.6) is 0 Å². The van der Waals surface area contributed by atoms with Gasteiger partial charge in [0.2, 0.25) is 11.8 Å². The summed E-state index contributed by atoms with van der Waals surface area (Å²) in [5.41, 5.74) is 4.55. The van der Waals surface area contributed by atoms with Gasteiger partial charge in [-0.2, -0.15) is 0 Å². The number of benzene rings is 4. The molecule has 4 aromatic carbocycles. The fourth-order valence-corrected chi connectivity index (χ4v) is 6.89. The molecule has 0 saturated heterocycles. The van der Waals surface area contributed by atoms with Crippen LogP contribution in [0.1, 0.15) is 41.7 Å². The largest absolute Gasteiger partial charge is 0.352 e. The Kier molecular flexibility index (Phi) is 11.1. The number of hydrogen-bond acceptors (Lipinski definition) is 4. The van der Waals surface area contributed by atoms with Gasteiger partial charge in [-0.1, -0.05) is 89.5 Å². The lowest BCUT2D eigenvalue weighted by atomic mass is 10.0. The van der Waals surface area contributed by atoms with Gasteiger partial charge in [0.1, 0.15) is 12.6 Å². The molecule has 7 nitrogen and oxygen atoms in total. The first-order valence-electron chi connectivity index (χ1n) is 14.9. The normalized spacial score (nSPS) is 12.1. The average molecular weight is 646 g/mol. The molecule has 0 aliphatic heterocycles. The molecule has 0 aromatic heterocycles. The lowest BCUT2D eigenvalue weighted by molar-refractivity contribution is -0.140. The lowest BCUT2D eigenvalue weighted by Crippen LogP contribution is -2.54. The van der Waals surface area contributed by atoms with Crippen molar-refractivity contribution >= 4 is 39.1 Å². The third-order valence-corrected chi connectivity index (χ3v) is 9.46. The smallest absolute Gasteiger partial charge is 0.264 e. The third kappa shape index (κ3) is 8.74. The Morgan fingerprint density at radius 2 is 1.44 bits per heavy atom. The summed E-state index contributed by atoms with van der Waals surface area (Å²) >= 11 is 6.31. The van der Waals surface area contributed by atoms with E-state index in [1.807, 2.05) is 83.1 Å². The zero-order valence-corrected chi connectivity index (χ0v) is 27.9. The highest BCUT2D eigenvalue weighted by Gasteiger charge is 2.35. The topological polar surface area (TPSA) is 86.8 Å². The summed E-state index contributed by atoms with van der Waals surface area (Å²) in [5.74, 6) is -0.853. The number of nitrogens with one attached hydrogen (secondary N) is 1. The van der Waals surface area contributed by atoms with E-state index in [0.717, 1.165) is 21.0 Å². The van der Waals surface area contributed by atoms with Gasteiger partial charge in [-0.15, -0.1) is 0 Å². The van der Waals surface area contributed by atoms with Crippen LogP contribution in [0.3, 0.4) is 0 Å². The number of carbonyl (C=O) groups is 2. The molecule has 45 heavy (non-hydrogen) atoms. The first kappa shape index (κ1) is 33.7. The quantitative estimate of drug-likeness (QED) is 0.188. The second-order valence-corrected chi connectivity index (χ2v) is 13.9. The molecule has 0 radical (unpaired) electrons. The number of hydrogen-bond donors (Lipinski definition) is 1. The average Bonchev–Trinajstić information content (AvgIpc) is 2.98. The molecule has 1 atom stereocenters. The highest BCUT2D eigenvalue weighted by molar-refractivity contribution is 7.92. The number of aryl methyl sites for hydroxylation is 3. The van der Waals surface area contributed by atoms with Gasteiger partial charge in [0.15, 0.2) is 0 Å². The van der Waals surface area contributed by atoms with Crippen LogP contribution in [0.25, 0.3) is 0 Å². The first-order chi connectivity index (χ1) is 21.3. The Hall–Kier alpha value is -4.14. The maximum atomic E-state index is 14.6. The minimum absolute atomic E-state index is 0.0493. The maximum absolute atomic E-state index is 14.6. The Labute approximate surface area is 271 Å². The number of rotatable bonds is 12. The highest BCUT2D eigenvalue weighted by atomic mass is 35.5. The number of amides is 2. The second kappa shape index (κ2) is 14.8. The van der Waals surface area contributed by atoms with E-state index in [0.29, 0.717) is 21.8 Å². The van der Waals surface area contributed by atoms with Gasteiger partial charge in [0.05, 0.1) is 10.6 Å². The molecule has 4 rings (SSSR count). The highest BCUT2D eigenvalue weighted by Crippen LogP contribution is 2.29. The fourth-order valence-electron chi connectivity index (χ4n) is 5.20. The third-order valence-electron chi connectivity index (χ3n) is 7.45. The molecule has 4 aromatic rings. The molecule has 0 bridgehead atoms. The van der Waals surface area contributed by atoms with Gasteiger partial charge in [-0.05, 0) is 81.6 Å². The van der Waals surface area contributed by atoms with E-state index in [1.165, 1.54) is 4.90 Å². The van der Waals surface area contributed by atoms with Crippen molar-refractivity contribution in [1.82, 2.24) is 10.2 Å². The summed E-state index contributed by atoms with van der Waals surface area (Å²) in [6.07, 6.45) is 0.236. The molecule has 1 unspecified atom stereocenters. The van der Waals surface area contributed by atoms with Crippen LogP contribution in [0, 0.1) is 20.8 Å². The van der Waals surface area contributed by atoms with Crippen LogP contribution in [0.4, 0.5) is 5.69 Å². The van der Waals surface area contributed by atoms with E-state index in [-0.39, 0.29) is 29.8 Å². The Bertz CT molecular complexity index is 1740. The van der Waals surface area contributed by atoms with Gasteiger partial charge >= 0.3 is 0 Å². The molecule has 0 aliphatic rings. The van der Waals surface area contributed by atoms with Gasteiger partial charge < -0.3 is 10.2 Å². The Morgan fingerprint density at radius 3 is 2.07 bits per heavy atom. The molecule has 1 N–H and O–H groups in total. The zero-order chi connectivity index (χ0) is 32.7. The molecule has 0 aliphatic carbocycles. The lowest BCUT2D eigenvalue weighted by Gasteiger charge is -2.34. The Balaban J connectivity index is 1.83.